The molecule has 0 fully saturated rings. The van der Waals surface area contributed by atoms with E-state index in [0.717, 1.165) is 24.6 Å². The topological polar surface area (TPSA) is 111 Å². The molecule has 1 aromatic rings. The van der Waals surface area contributed by atoms with Crippen molar-refractivity contribution in [3.05, 3.63) is 29.6 Å². The minimum Gasteiger partial charge on any atom is -0.452 e. The first-order valence-corrected chi connectivity index (χ1v) is 6.24. The van der Waals surface area contributed by atoms with Gasteiger partial charge in [-0.15, -0.1) is 0 Å². The highest BCUT2D eigenvalue weighted by Crippen LogP contribution is 2.14. The number of urea groups is 1. The Labute approximate surface area is 120 Å². The molecule has 1 aromatic carbocycles. The van der Waals surface area contributed by atoms with Gasteiger partial charge in [0.15, 0.2) is 6.61 Å². The van der Waals surface area contributed by atoms with Crippen LogP contribution in [0.5, 0.6) is 0 Å². The smallest absolute Gasteiger partial charge is 0.340 e. The lowest BCUT2D eigenvalue weighted by atomic mass is 10.2. The lowest BCUT2D eigenvalue weighted by Gasteiger charge is -2.08. The van der Waals surface area contributed by atoms with Crippen molar-refractivity contribution in [2.24, 2.45) is 0 Å². The number of carbonyl (C=O) groups is 3. The van der Waals surface area contributed by atoms with Gasteiger partial charge < -0.3 is 15.8 Å². The Morgan fingerprint density at radius 3 is 2.67 bits per heavy atom. The number of carbonyl (C=O) groups excluding carboxylic acids is 3. The molecule has 0 bridgehead atoms. The van der Waals surface area contributed by atoms with E-state index >= 15 is 0 Å². The summed E-state index contributed by atoms with van der Waals surface area (Å²) in [5, 5.41) is 4.41. The van der Waals surface area contributed by atoms with Gasteiger partial charge in [0.05, 0.1) is 5.56 Å². The number of anilines is 1. The number of hydrogen-bond donors (Lipinski definition) is 3. The highest BCUT2D eigenvalue weighted by atomic mass is 19.1. The van der Waals surface area contributed by atoms with Crippen LogP contribution in [-0.2, 0) is 9.53 Å². The molecule has 4 N–H and O–H groups in total. The van der Waals surface area contributed by atoms with Crippen molar-refractivity contribution in [2.75, 3.05) is 18.9 Å². The molecule has 0 saturated carbocycles. The van der Waals surface area contributed by atoms with Crippen LogP contribution in [0, 0.1) is 5.82 Å². The SMILES string of the molecule is CCCNC(=O)NC(=O)COC(=O)c1ccc(F)cc1N. The standard InChI is InChI=1S/C13H16FN3O4/c1-2-5-16-13(20)17-11(18)7-21-12(19)9-4-3-8(14)6-10(9)15/h3-4,6H,2,5,7,15H2,1H3,(H2,16,17,18,20). The van der Waals surface area contributed by atoms with Crippen LogP contribution in [0.1, 0.15) is 23.7 Å². The minimum atomic E-state index is -0.878. The van der Waals surface area contributed by atoms with Crippen LogP contribution >= 0.6 is 0 Å². The summed E-state index contributed by atoms with van der Waals surface area (Å²) >= 11 is 0. The van der Waals surface area contributed by atoms with Crippen molar-refractivity contribution < 1.29 is 23.5 Å². The summed E-state index contributed by atoms with van der Waals surface area (Å²) in [7, 11) is 0. The fourth-order valence-corrected chi connectivity index (χ4v) is 1.37. The first-order chi connectivity index (χ1) is 9.93. The number of nitrogen functional groups attached to an aromatic ring is 1. The maximum atomic E-state index is 12.8. The fraction of sp³-hybridized carbons (Fsp3) is 0.308. The Morgan fingerprint density at radius 2 is 2.05 bits per heavy atom. The molecule has 0 saturated heterocycles. The van der Waals surface area contributed by atoms with Crippen LogP contribution in [0.2, 0.25) is 0 Å². The maximum absolute atomic E-state index is 12.8. The number of amides is 3. The molecule has 3 amide bonds. The molecule has 0 unspecified atom stereocenters. The lowest BCUT2D eigenvalue weighted by Crippen LogP contribution is -2.41. The van der Waals surface area contributed by atoms with Crippen molar-refractivity contribution in [3.63, 3.8) is 0 Å². The average molecular weight is 297 g/mol. The van der Waals surface area contributed by atoms with Gasteiger partial charge in [0, 0.05) is 12.2 Å². The number of imide groups is 1. The zero-order valence-electron chi connectivity index (χ0n) is 11.4. The van der Waals surface area contributed by atoms with Crippen LogP contribution in [0.15, 0.2) is 18.2 Å². The van der Waals surface area contributed by atoms with E-state index in [2.05, 4.69) is 10.1 Å². The minimum absolute atomic E-state index is 0.0559. The molecule has 21 heavy (non-hydrogen) atoms. The number of nitrogens with two attached hydrogens (primary N) is 1. The zero-order valence-corrected chi connectivity index (χ0v) is 11.4. The summed E-state index contributed by atoms with van der Waals surface area (Å²) in [5.74, 6) is -2.25. The van der Waals surface area contributed by atoms with Crippen molar-refractivity contribution >= 4 is 23.6 Å². The van der Waals surface area contributed by atoms with E-state index in [1.807, 2.05) is 12.2 Å². The normalized spacial score (nSPS) is 9.81. The fourth-order valence-electron chi connectivity index (χ4n) is 1.37. The third-order valence-corrected chi connectivity index (χ3v) is 2.36. The second-order valence-electron chi connectivity index (χ2n) is 4.11. The van der Waals surface area contributed by atoms with E-state index in [0.29, 0.717) is 6.54 Å². The quantitative estimate of drug-likeness (QED) is 0.550. The Balaban J connectivity index is 2.45. The van der Waals surface area contributed by atoms with Gasteiger partial charge in [-0.2, -0.15) is 0 Å². The number of hydrogen-bond acceptors (Lipinski definition) is 5. The molecule has 0 aliphatic rings. The van der Waals surface area contributed by atoms with E-state index in [1.54, 1.807) is 0 Å². The molecule has 0 aliphatic heterocycles. The second-order valence-corrected chi connectivity index (χ2v) is 4.11. The molecule has 1 rings (SSSR count). The highest BCUT2D eigenvalue weighted by Gasteiger charge is 2.14. The predicted octanol–water partition coefficient (Wildman–Crippen LogP) is 0.800. The van der Waals surface area contributed by atoms with Crippen LogP contribution < -0.4 is 16.4 Å². The van der Waals surface area contributed by atoms with Gasteiger partial charge in [-0.25, -0.2) is 14.0 Å². The molecule has 0 aliphatic carbocycles. The summed E-state index contributed by atoms with van der Waals surface area (Å²) in [6.45, 7) is 1.64. The molecule has 0 aromatic heterocycles. The number of nitrogens with one attached hydrogen (secondary N) is 2. The molecule has 0 heterocycles. The van der Waals surface area contributed by atoms with Crippen LogP contribution in [-0.4, -0.2) is 31.1 Å². The average Bonchev–Trinajstić information content (AvgIpc) is 2.42. The highest BCUT2D eigenvalue weighted by molar-refractivity contribution is 5.98. The van der Waals surface area contributed by atoms with Crippen molar-refractivity contribution in [1.29, 1.82) is 0 Å². The van der Waals surface area contributed by atoms with E-state index in [4.69, 9.17) is 5.73 Å². The summed E-state index contributed by atoms with van der Waals surface area (Å²) < 4.78 is 17.5. The predicted molar refractivity (Wildman–Crippen MR) is 72.9 cm³/mol. The summed E-state index contributed by atoms with van der Waals surface area (Å²) in [6, 6.07) is 2.50. The molecule has 8 heteroatoms. The zero-order chi connectivity index (χ0) is 15.8. The molecule has 0 radical (unpaired) electrons. The molecule has 0 spiro atoms. The van der Waals surface area contributed by atoms with Gasteiger partial charge in [0.1, 0.15) is 5.82 Å². The maximum Gasteiger partial charge on any atom is 0.340 e. The van der Waals surface area contributed by atoms with Gasteiger partial charge in [0.25, 0.3) is 5.91 Å². The van der Waals surface area contributed by atoms with Gasteiger partial charge in [-0.1, -0.05) is 6.92 Å². The van der Waals surface area contributed by atoms with Crippen molar-refractivity contribution in [2.45, 2.75) is 13.3 Å². The second kappa shape index (κ2) is 7.83. The van der Waals surface area contributed by atoms with Gasteiger partial charge in [-0.3, -0.25) is 10.1 Å². The van der Waals surface area contributed by atoms with Gasteiger partial charge in [-0.05, 0) is 24.6 Å². The van der Waals surface area contributed by atoms with Gasteiger partial charge in [0.2, 0.25) is 0 Å². The van der Waals surface area contributed by atoms with Crippen LogP contribution in [0.3, 0.4) is 0 Å². The molecular weight excluding hydrogens is 281 g/mol. The first kappa shape index (κ1) is 16.4. The molecule has 0 atom stereocenters. The van der Waals surface area contributed by atoms with Gasteiger partial charge >= 0.3 is 12.0 Å². The molecule has 7 nitrogen and oxygen atoms in total. The number of halogens is 1. The first-order valence-electron chi connectivity index (χ1n) is 6.24. The molecule has 114 valence electrons. The van der Waals surface area contributed by atoms with E-state index in [-0.39, 0.29) is 11.3 Å². The summed E-state index contributed by atoms with van der Waals surface area (Å²) in [4.78, 5) is 34.2. The lowest BCUT2D eigenvalue weighted by molar-refractivity contribution is -0.123. The van der Waals surface area contributed by atoms with Crippen LogP contribution in [0.4, 0.5) is 14.9 Å². The van der Waals surface area contributed by atoms with E-state index in [9.17, 15) is 18.8 Å². The Kier molecular flexibility index (Phi) is 6.12. The third-order valence-electron chi connectivity index (χ3n) is 2.36. The van der Waals surface area contributed by atoms with Crippen molar-refractivity contribution in [3.8, 4) is 0 Å². The number of benzene rings is 1. The number of rotatable bonds is 5. The molecular formula is C13H16FN3O4. The Hall–Kier alpha value is -2.64. The number of esters is 1. The van der Waals surface area contributed by atoms with E-state index < -0.39 is 30.3 Å². The summed E-state index contributed by atoms with van der Waals surface area (Å²) in [5.41, 5.74) is 5.31. The van der Waals surface area contributed by atoms with E-state index in [1.165, 1.54) is 0 Å². The largest absolute Gasteiger partial charge is 0.452 e. The number of ether oxygens (including phenoxy) is 1. The van der Waals surface area contributed by atoms with Crippen molar-refractivity contribution in [1.82, 2.24) is 10.6 Å². The monoisotopic (exact) mass is 297 g/mol. The summed E-state index contributed by atoms with van der Waals surface area (Å²) in [6.07, 6.45) is 0.723. The third kappa shape index (κ3) is 5.47. The Morgan fingerprint density at radius 1 is 1.33 bits per heavy atom. The Bertz CT molecular complexity index is 548. The van der Waals surface area contributed by atoms with Crippen LogP contribution in [0.25, 0.3) is 0 Å².